The molecule has 0 heterocycles. The van der Waals surface area contributed by atoms with Gasteiger partial charge in [-0.1, -0.05) is 0 Å². The predicted octanol–water partition coefficient (Wildman–Crippen LogP) is 2.76. The van der Waals surface area contributed by atoms with E-state index in [0.29, 0.717) is 0 Å². The van der Waals surface area contributed by atoms with Crippen LogP contribution in [-0.4, -0.2) is 56.0 Å². The van der Waals surface area contributed by atoms with E-state index in [2.05, 4.69) is 18.9 Å². The molecule has 2 atom stereocenters. The number of ether oxygens (including phenoxy) is 4. The SMILES string of the molecule is CC(OCOC(C(F)(F)F)C(F)(F)OC=O)(C(F)(F)F)C(F)(F)OC=O. The summed E-state index contributed by atoms with van der Waals surface area (Å²) >= 11 is 0. The zero-order valence-electron chi connectivity index (χ0n) is 12.2. The fraction of sp³-hybridized carbons (Fsp3) is 0.800. The molecule has 0 bridgehead atoms. The first-order valence-corrected chi connectivity index (χ1v) is 5.84. The van der Waals surface area contributed by atoms with Crippen LogP contribution in [0, 0.1) is 0 Å². The zero-order valence-corrected chi connectivity index (χ0v) is 12.2. The Morgan fingerprint density at radius 3 is 1.65 bits per heavy atom. The summed E-state index contributed by atoms with van der Waals surface area (Å²) in [4.78, 5) is 19.6. The monoisotopic (exact) mass is 414 g/mol. The lowest BCUT2D eigenvalue weighted by Crippen LogP contribution is -2.60. The van der Waals surface area contributed by atoms with Gasteiger partial charge < -0.3 is 18.9 Å². The third kappa shape index (κ3) is 5.33. The van der Waals surface area contributed by atoms with Gasteiger partial charge in [0.1, 0.15) is 6.79 Å². The number of rotatable bonds is 10. The van der Waals surface area contributed by atoms with Gasteiger partial charge >= 0.3 is 24.6 Å². The van der Waals surface area contributed by atoms with Gasteiger partial charge in [0, 0.05) is 0 Å². The van der Waals surface area contributed by atoms with Crippen LogP contribution in [-0.2, 0) is 28.5 Å². The molecule has 0 aliphatic rings. The first-order valence-electron chi connectivity index (χ1n) is 5.84. The molecular weight excluding hydrogens is 406 g/mol. The first kappa shape index (κ1) is 24.2. The van der Waals surface area contributed by atoms with Crippen LogP contribution in [0.1, 0.15) is 6.92 Å². The average molecular weight is 414 g/mol. The van der Waals surface area contributed by atoms with Crippen molar-refractivity contribution in [1.29, 1.82) is 0 Å². The van der Waals surface area contributed by atoms with E-state index in [1.807, 2.05) is 0 Å². The number of hydrogen-bond donors (Lipinski definition) is 0. The summed E-state index contributed by atoms with van der Waals surface area (Å²) < 4.78 is 141. The summed E-state index contributed by atoms with van der Waals surface area (Å²) in [6, 6.07) is 0. The predicted molar refractivity (Wildman–Crippen MR) is 55.5 cm³/mol. The van der Waals surface area contributed by atoms with Gasteiger partial charge in [-0.2, -0.15) is 43.9 Å². The molecule has 26 heavy (non-hydrogen) atoms. The summed E-state index contributed by atoms with van der Waals surface area (Å²) in [7, 11) is 0. The highest BCUT2D eigenvalue weighted by Gasteiger charge is 2.71. The third-order valence-electron chi connectivity index (χ3n) is 2.68. The maximum absolute atomic E-state index is 13.3. The maximum atomic E-state index is 13.3. The Morgan fingerprint density at radius 1 is 0.846 bits per heavy atom. The van der Waals surface area contributed by atoms with Crippen LogP contribution in [0.5, 0.6) is 0 Å². The van der Waals surface area contributed by atoms with Crippen molar-refractivity contribution in [3.05, 3.63) is 0 Å². The van der Waals surface area contributed by atoms with Crippen LogP contribution < -0.4 is 0 Å². The lowest BCUT2D eigenvalue weighted by molar-refractivity contribution is -0.419. The van der Waals surface area contributed by atoms with Crippen LogP contribution in [0.3, 0.4) is 0 Å². The first-order chi connectivity index (χ1) is 11.5. The molecule has 0 N–H and O–H groups in total. The van der Waals surface area contributed by atoms with Crippen molar-refractivity contribution >= 4 is 12.9 Å². The standard InChI is InChI=1S/C10H8F10O6/c1-6(9(16,17)18,10(19,20)25-3-22)26-4-23-5(7(11,12)13)8(14,15)24-2-21/h2-3,5H,4H2,1H3. The zero-order chi connectivity index (χ0) is 21.0. The molecule has 0 aliphatic heterocycles. The largest absolute Gasteiger partial charge is 0.438 e. The molecule has 2 unspecified atom stereocenters. The van der Waals surface area contributed by atoms with Crippen molar-refractivity contribution in [2.24, 2.45) is 0 Å². The molecule has 0 aromatic carbocycles. The molecule has 16 heteroatoms. The van der Waals surface area contributed by atoms with E-state index < -0.39 is 62.9 Å². The molecule has 0 fully saturated rings. The van der Waals surface area contributed by atoms with Gasteiger partial charge in [0.15, 0.2) is 0 Å². The summed E-state index contributed by atoms with van der Waals surface area (Å²) in [6.07, 6.45) is -27.3. The van der Waals surface area contributed by atoms with Gasteiger partial charge in [-0.15, -0.1) is 0 Å². The fourth-order valence-corrected chi connectivity index (χ4v) is 1.23. The van der Waals surface area contributed by atoms with E-state index in [1.165, 1.54) is 0 Å². The number of halogens is 10. The molecule has 154 valence electrons. The molecule has 0 saturated heterocycles. The summed E-state index contributed by atoms with van der Waals surface area (Å²) in [5, 5.41) is 0. The molecule has 0 spiro atoms. The molecule has 0 amide bonds. The summed E-state index contributed by atoms with van der Waals surface area (Å²) in [5.74, 6) is 0. The van der Waals surface area contributed by atoms with Crippen LogP contribution >= 0.6 is 0 Å². The quantitative estimate of drug-likeness (QED) is 0.311. The molecule has 6 nitrogen and oxygen atoms in total. The number of hydrogen-bond acceptors (Lipinski definition) is 6. The van der Waals surface area contributed by atoms with Crippen molar-refractivity contribution in [2.45, 2.75) is 43.2 Å². The highest BCUT2D eigenvalue weighted by atomic mass is 19.4. The normalized spacial score (nSPS) is 17.2. The Labute approximate surface area is 136 Å². The van der Waals surface area contributed by atoms with E-state index >= 15 is 0 Å². The minimum absolute atomic E-state index is 0.442. The molecule has 0 aliphatic carbocycles. The average Bonchev–Trinajstić information content (AvgIpc) is 2.39. The molecule has 0 aromatic heterocycles. The minimum atomic E-state index is -6.06. The van der Waals surface area contributed by atoms with Crippen LogP contribution in [0.4, 0.5) is 43.9 Å². The van der Waals surface area contributed by atoms with Gasteiger partial charge in [0.05, 0.1) is 0 Å². The maximum Gasteiger partial charge on any atom is 0.438 e. The third-order valence-corrected chi connectivity index (χ3v) is 2.68. The van der Waals surface area contributed by atoms with Crippen molar-refractivity contribution in [3.8, 4) is 0 Å². The van der Waals surface area contributed by atoms with Gasteiger partial charge in [-0.25, -0.2) is 0 Å². The Morgan fingerprint density at radius 2 is 1.31 bits per heavy atom. The Kier molecular flexibility index (Phi) is 7.26. The topological polar surface area (TPSA) is 71.1 Å². The van der Waals surface area contributed by atoms with E-state index in [1.54, 1.807) is 0 Å². The van der Waals surface area contributed by atoms with Crippen molar-refractivity contribution in [1.82, 2.24) is 0 Å². The molecule has 0 saturated carbocycles. The second kappa shape index (κ2) is 7.81. The van der Waals surface area contributed by atoms with E-state index in [4.69, 9.17) is 0 Å². The van der Waals surface area contributed by atoms with Gasteiger partial charge in [0.25, 0.3) is 24.6 Å². The van der Waals surface area contributed by atoms with Crippen molar-refractivity contribution in [2.75, 3.05) is 6.79 Å². The van der Waals surface area contributed by atoms with Gasteiger partial charge in [0.2, 0.25) is 0 Å². The molecular formula is C10H8F10O6. The van der Waals surface area contributed by atoms with Crippen LogP contribution in [0.2, 0.25) is 0 Å². The van der Waals surface area contributed by atoms with Gasteiger partial charge in [-0.05, 0) is 6.92 Å². The number of carbonyl (C=O) groups excluding carboxylic acids is 2. The van der Waals surface area contributed by atoms with Crippen molar-refractivity contribution in [3.63, 3.8) is 0 Å². The molecule has 0 rings (SSSR count). The Balaban J connectivity index is 5.48. The molecule has 0 aromatic rings. The highest BCUT2D eigenvalue weighted by Crippen LogP contribution is 2.45. The summed E-state index contributed by atoms with van der Waals surface area (Å²) in [5.41, 5.74) is -4.77. The lowest BCUT2D eigenvalue weighted by atomic mass is 10.1. The Hall–Kier alpha value is -1.84. The van der Waals surface area contributed by atoms with E-state index in [0.717, 1.165) is 0 Å². The summed E-state index contributed by atoms with van der Waals surface area (Å²) in [6.45, 7) is -5.11. The van der Waals surface area contributed by atoms with E-state index in [-0.39, 0.29) is 0 Å². The molecule has 0 radical (unpaired) electrons. The van der Waals surface area contributed by atoms with E-state index in [9.17, 15) is 53.5 Å². The lowest BCUT2D eigenvalue weighted by Gasteiger charge is -2.36. The van der Waals surface area contributed by atoms with Crippen molar-refractivity contribution < 1.29 is 72.4 Å². The second-order valence-electron chi connectivity index (χ2n) is 4.39. The fourth-order valence-electron chi connectivity index (χ4n) is 1.23. The smallest absolute Gasteiger partial charge is 0.401 e. The Bertz CT molecular complexity index is 490. The van der Waals surface area contributed by atoms with Gasteiger partial charge in [-0.3, -0.25) is 9.59 Å². The number of alkyl halides is 10. The van der Waals surface area contributed by atoms with Crippen LogP contribution in [0.15, 0.2) is 0 Å². The second-order valence-corrected chi connectivity index (χ2v) is 4.39. The number of carbonyl (C=O) groups is 2. The highest BCUT2D eigenvalue weighted by molar-refractivity contribution is 5.38. The van der Waals surface area contributed by atoms with Crippen LogP contribution in [0.25, 0.3) is 0 Å². The minimum Gasteiger partial charge on any atom is -0.401 e.